The van der Waals surface area contributed by atoms with Crippen molar-refractivity contribution in [3.05, 3.63) is 34.9 Å². The second-order valence-electron chi connectivity index (χ2n) is 5.70. The van der Waals surface area contributed by atoms with Gasteiger partial charge in [0.1, 0.15) is 0 Å². The lowest BCUT2D eigenvalue weighted by Gasteiger charge is -2.26. The molecule has 1 heterocycles. The summed E-state index contributed by atoms with van der Waals surface area (Å²) >= 11 is 0. The number of rotatable bonds is 4. The maximum atomic E-state index is 3.51. The number of hydrogen-bond acceptors (Lipinski definition) is 2. The van der Waals surface area contributed by atoms with Crippen LogP contribution in [0, 0.1) is 19.8 Å². The molecule has 2 rings (SSSR count). The van der Waals surface area contributed by atoms with Crippen LogP contribution in [0.25, 0.3) is 0 Å². The van der Waals surface area contributed by atoms with E-state index in [1.807, 2.05) is 0 Å². The lowest BCUT2D eigenvalue weighted by molar-refractivity contribution is 0.272. The van der Waals surface area contributed by atoms with E-state index in [2.05, 4.69) is 56.2 Å². The molecule has 1 aromatic rings. The van der Waals surface area contributed by atoms with E-state index >= 15 is 0 Å². The summed E-state index contributed by atoms with van der Waals surface area (Å²) in [6.45, 7) is 10.0. The predicted molar refractivity (Wildman–Crippen MR) is 77.9 cm³/mol. The van der Waals surface area contributed by atoms with Gasteiger partial charge in [0.25, 0.3) is 0 Å². The Bertz CT molecular complexity index is 380. The van der Waals surface area contributed by atoms with Crippen molar-refractivity contribution in [1.82, 2.24) is 10.2 Å². The summed E-state index contributed by atoms with van der Waals surface area (Å²) in [4.78, 5) is 2.51. The van der Waals surface area contributed by atoms with Gasteiger partial charge in [-0.3, -0.25) is 4.90 Å². The van der Waals surface area contributed by atoms with Gasteiger partial charge in [0, 0.05) is 6.04 Å². The first kappa shape index (κ1) is 13.6. The highest BCUT2D eigenvalue weighted by Gasteiger charge is 2.32. The molecule has 0 aromatic heterocycles. The van der Waals surface area contributed by atoms with Gasteiger partial charge in [-0.1, -0.05) is 36.2 Å². The van der Waals surface area contributed by atoms with Crippen LogP contribution in [0.15, 0.2) is 18.2 Å². The number of hydrogen-bond donors (Lipinski definition) is 1. The first-order valence-electron chi connectivity index (χ1n) is 7.11. The molecule has 1 aliphatic heterocycles. The maximum Gasteiger partial charge on any atom is 0.0386 e. The van der Waals surface area contributed by atoms with Crippen molar-refractivity contribution in [2.45, 2.75) is 33.2 Å². The first-order valence-corrected chi connectivity index (χ1v) is 7.11. The smallest absolute Gasteiger partial charge is 0.0386 e. The number of aryl methyl sites for hydroxylation is 2. The Morgan fingerprint density at radius 1 is 1.22 bits per heavy atom. The SMILES string of the molecule is CCNCC1CCN(C)C1c1cc(C)cc(C)c1. The Morgan fingerprint density at radius 2 is 1.89 bits per heavy atom. The fourth-order valence-electron chi connectivity index (χ4n) is 3.28. The summed E-state index contributed by atoms with van der Waals surface area (Å²) in [6.07, 6.45) is 1.31. The van der Waals surface area contributed by atoms with Crippen LogP contribution in [-0.2, 0) is 0 Å². The van der Waals surface area contributed by atoms with Gasteiger partial charge in [-0.2, -0.15) is 0 Å². The average molecular weight is 246 g/mol. The monoisotopic (exact) mass is 246 g/mol. The summed E-state index contributed by atoms with van der Waals surface area (Å²) in [5.74, 6) is 0.746. The van der Waals surface area contributed by atoms with E-state index in [0.717, 1.165) is 19.0 Å². The van der Waals surface area contributed by atoms with E-state index in [-0.39, 0.29) is 0 Å². The minimum absolute atomic E-state index is 0.586. The molecular formula is C16H26N2. The topological polar surface area (TPSA) is 15.3 Å². The van der Waals surface area contributed by atoms with E-state index in [9.17, 15) is 0 Å². The molecule has 2 atom stereocenters. The number of nitrogens with one attached hydrogen (secondary N) is 1. The van der Waals surface area contributed by atoms with Crippen molar-refractivity contribution in [3.63, 3.8) is 0 Å². The Hall–Kier alpha value is -0.860. The molecule has 2 nitrogen and oxygen atoms in total. The molecule has 1 saturated heterocycles. The molecule has 0 aliphatic carbocycles. The summed E-state index contributed by atoms with van der Waals surface area (Å²) in [5.41, 5.74) is 4.26. The molecule has 0 saturated carbocycles. The molecule has 1 fully saturated rings. The highest BCUT2D eigenvalue weighted by atomic mass is 15.2. The van der Waals surface area contributed by atoms with E-state index in [4.69, 9.17) is 0 Å². The Kier molecular flexibility index (Phi) is 4.41. The largest absolute Gasteiger partial charge is 0.317 e. The molecular weight excluding hydrogens is 220 g/mol. The van der Waals surface area contributed by atoms with Crippen molar-refractivity contribution in [2.75, 3.05) is 26.7 Å². The fourth-order valence-corrected chi connectivity index (χ4v) is 3.28. The zero-order chi connectivity index (χ0) is 13.1. The van der Waals surface area contributed by atoms with Gasteiger partial charge in [0.2, 0.25) is 0 Å². The highest BCUT2D eigenvalue weighted by Crippen LogP contribution is 2.36. The second kappa shape index (κ2) is 5.85. The standard InChI is InChI=1S/C16H26N2/c1-5-17-11-14-6-7-18(4)16(14)15-9-12(2)8-13(3)10-15/h8-10,14,16-17H,5-7,11H2,1-4H3. The number of likely N-dealkylation sites (tertiary alicyclic amines) is 1. The van der Waals surface area contributed by atoms with Gasteiger partial charge < -0.3 is 5.32 Å². The van der Waals surface area contributed by atoms with E-state index < -0.39 is 0 Å². The molecule has 0 radical (unpaired) electrons. The molecule has 0 bridgehead atoms. The highest BCUT2D eigenvalue weighted by molar-refractivity contribution is 5.31. The summed E-state index contributed by atoms with van der Waals surface area (Å²) < 4.78 is 0. The third kappa shape index (κ3) is 2.93. The molecule has 18 heavy (non-hydrogen) atoms. The number of nitrogens with zero attached hydrogens (tertiary/aromatic N) is 1. The van der Waals surface area contributed by atoms with E-state index in [0.29, 0.717) is 6.04 Å². The van der Waals surface area contributed by atoms with E-state index in [1.165, 1.54) is 29.7 Å². The van der Waals surface area contributed by atoms with Crippen LogP contribution in [0.1, 0.15) is 36.1 Å². The molecule has 1 aromatic carbocycles. The minimum atomic E-state index is 0.586. The minimum Gasteiger partial charge on any atom is -0.317 e. The zero-order valence-electron chi connectivity index (χ0n) is 12.2. The van der Waals surface area contributed by atoms with Crippen LogP contribution in [-0.4, -0.2) is 31.6 Å². The van der Waals surface area contributed by atoms with Crippen LogP contribution < -0.4 is 5.32 Å². The van der Waals surface area contributed by atoms with Crippen LogP contribution in [0.5, 0.6) is 0 Å². The molecule has 0 amide bonds. The van der Waals surface area contributed by atoms with Gasteiger partial charge in [0.05, 0.1) is 0 Å². The molecule has 2 heteroatoms. The van der Waals surface area contributed by atoms with Gasteiger partial charge >= 0.3 is 0 Å². The van der Waals surface area contributed by atoms with Crippen LogP contribution in [0.4, 0.5) is 0 Å². The summed E-state index contributed by atoms with van der Waals surface area (Å²) in [6, 6.07) is 7.57. The summed E-state index contributed by atoms with van der Waals surface area (Å²) in [7, 11) is 2.26. The molecule has 1 N–H and O–H groups in total. The number of benzene rings is 1. The predicted octanol–water partition coefficient (Wildman–Crippen LogP) is 2.91. The normalized spacial score (nSPS) is 24.7. The molecule has 100 valence electrons. The van der Waals surface area contributed by atoms with Crippen molar-refractivity contribution in [2.24, 2.45) is 5.92 Å². The summed E-state index contributed by atoms with van der Waals surface area (Å²) in [5, 5.41) is 3.51. The Labute approximate surface area is 111 Å². The zero-order valence-corrected chi connectivity index (χ0v) is 12.2. The second-order valence-corrected chi connectivity index (χ2v) is 5.70. The third-order valence-electron chi connectivity index (χ3n) is 4.02. The van der Waals surface area contributed by atoms with Crippen molar-refractivity contribution in [1.29, 1.82) is 0 Å². The first-order chi connectivity index (χ1) is 8.61. The van der Waals surface area contributed by atoms with Gasteiger partial charge in [0.15, 0.2) is 0 Å². The Balaban J connectivity index is 2.22. The van der Waals surface area contributed by atoms with Crippen molar-refractivity contribution < 1.29 is 0 Å². The molecule has 0 spiro atoms. The lowest BCUT2D eigenvalue weighted by atomic mass is 9.91. The maximum absolute atomic E-state index is 3.51. The van der Waals surface area contributed by atoms with Crippen molar-refractivity contribution >= 4 is 0 Å². The fraction of sp³-hybridized carbons (Fsp3) is 0.625. The van der Waals surface area contributed by atoms with Crippen LogP contribution >= 0.6 is 0 Å². The average Bonchev–Trinajstić information content (AvgIpc) is 2.66. The Morgan fingerprint density at radius 3 is 2.50 bits per heavy atom. The van der Waals surface area contributed by atoms with Crippen LogP contribution in [0.2, 0.25) is 0 Å². The van der Waals surface area contributed by atoms with Gasteiger partial charge in [-0.05, 0) is 58.4 Å². The van der Waals surface area contributed by atoms with Crippen LogP contribution in [0.3, 0.4) is 0 Å². The van der Waals surface area contributed by atoms with Crippen molar-refractivity contribution in [3.8, 4) is 0 Å². The quantitative estimate of drug-likeness (QED) is 0.879. The van der Waals surface area contributed by atoms with E-state index in [1.54, 1.807) is 0 Å². The molecule has 2 unspecified atom stereocenters. The van der Waals surface area contributed by atoms with Gasteiger partial charge in [-0.25, -0.2) is 0 Å². The molecule has 1 aliphatic rings. The lowest BCUT2D eigenvalue weighted by Crippen LogP contribution is -2.28. The third-order valence-corrected chi connectivity index (χ3v) is 4.02. The van der Waals surface area contributed by atoms with Gasteiger partial charge in [-0.15, -0.1) is 0 Å².